The first-order chi connectivity index (χ1) is 28.5. The number of nitrogens with zero attached hydrogens (tertiary/aromatic N) is 1. The van der Waals surface area contributed by atoms with Crippen LogP contribution in [0.2, 0.25) is 0 Å². The number of benzene rings is 4. The van der Waals surface area contributed by atoms with Crippen LogP contribution in [0.25, 0.3) is 53.7 Å². The molecule has 333 valence electrons. The summed E-state index contributed by atoms with van der Waals surface area (Å²) in [5, 5.41) is 13.6. The molecule has 2 heterocycles. The van der Waals surface area contributed by atoms with Crippen molar-refractivity contribution in [2.24, 2.45) is 16.2 Å². The number of alkyl halides is 3. The molecular formula is C54H63F3IrNO2S-. The number of pyridine rings is 1. The summed E-state index contributed by atoms with van der Waals surface area (Å²) >= 11 is 1.75. The molecule has 1 N–H and O–H groups in total. The first-order valence-electron chi connectivity index (χ1n) is 21.6. The molecule has 0 spiro atoms. The van der Waals surface area contributed by atoms with Gasteiger partial charge in [-0.15, -0.1) is 40.5 Å². The molecular weight excluding hydrogens is 976 g/mol. The number of ketones is 1. The number of aryl methyl sites for hydroxylation is 1. The van der Waals surface area contributed by atoms with Crippen LogP contribution in [-0.4, -0.2) is 22.1 Å². The number of aromatic nitrogens is 1. The second kappa shape index (κ2) is 19.7. The molecule has 0 unspecified atom stereocenters. The summed E-state index contributed by atoms with van der Waals surface area (Å²) in [7, 11) is 0. The van der Waals surface area contributed by atoms with Gasteiger partial charge in [-0.05, 0) is 83.7 Å². The van der Waals surface area contributed by atoms with Crippen LogP contribution < -0.4 is 0 Å². The molecule has 0 fully saturated rings. The van der Waals surface area contributed by atoms with E-state index in [-0.39, 0.29) is 54.3 Å². The molecule has 6 aromatic rings. The normalized spacial score (nSPS) is 12.9. The quantitative estimate of drug-likeness (QED) is 0.0755. The van der Waals surface area contributed by atoms with E-state index in [0.29, 0.717) is 5.56 Å². The fraction of sp³-hybridized carbons (Fsp3) is 0.407. The first kappa shape index (κ1) is 50.5. The molecule has 62 heavy (non-hydrogen) atoms. The Bertz CT molecular complexity index is 2500. The van der Waals surface area contributed by atoms with Gasteiger partial charge in [-0.25, -0.2) is 0 Å². The van der Waals surface area contributed by atoms with Gasteiger partial charge < -0.3 is 5.11 Å². The molecule has 0 saturated carbocycles. The number of hydrogen-bond donors (Lipinski definition) is 1. The van der Waals surface area contributed by atoms with Gasteiger partial charge in [0.25, 0.3) is 0 Å². The fourth-order valence-corrected chi connectivity index (χ4v) is 8.83. The molecule has 3 nitrogen and oxygen atoms in total. The van der Waals surface area contributed by atoms with Crippen molar-refractivity contribution in [1.29, 1.82) is 0 Å². The molecule has 0 amide bonds. The fourth-order valence-electron chi connectivity index (χ4n) is 7.52. The maximum absolute atomic E-state index is 13.4. The summed E-state index contributed by atoms with van der Waals surface area (Å²) in [5.74, 6) is 0.286. The summed E-state index contributed by atoms with van der Waals surface area (Å²) in [6, 6.07) is 32.3. The van der Waals surface area contributed by atoms with Gasteiger partial charge in [-0.1, -0.05) is 154 Å². The Morgan fingerprint density at radius 1 is 0.742 bits per heavy atom. The topological polar surface area (TPSA) is 50.2 Å². The van der Waals surface area contributed by atoms with Crippen LogP contribution >= 0.6 is 11.3 Å². The van der Waals surface area contributed by atoms with Gasteiger partial charge in [-0.2, -0.15) is 13.2 Å². The maximum Gasteiger partial charge on any atom is 0.394 e. The number of fused-ring (bicyclic) bond motifs is 2. The predicted molar refractivity (Wildman–Crippen MR) is 252 cm³/mol. The maximum atomic E-state index is 13.4. The zero-order valence-corrected chi connectivity index (χ0v) is 41.7. The Labute approximate surface area is 385 Å². The number of aliphatic hydroxyl groups excluding tert-OH is 1. The minimum Gasteiger partial charge on any atom is -0.512 e. The van der Waals surface area contributed by atoms with Crippen molar-refractivity contribution in [3.8, 4) is 32.8 Å². The molecule has 4 aromatic carbocycles. The molecule has 2 aromatic heterocycles. The Hall–Kier alpha value is -4.10. The minimum atomic E-state index is -4.24. The number of carbonyl (C=O) groups is 1. The Balaban J connectivity index is 0.000000400. The van der Waals surface area contributed by atoms with E-state index in [1.807, 2.05) is 59.9 Å². The number of rotatable bonds is 12. The summed E-state index contributed by atoms with van der Waals surface area (Å²) in [4.78, 5) is 18.2. The van der Waals surface area contributed by atoms with Gasteiger partial charge in [0.1, 0.15) is 5.76 Å². The van der Waals surface area contributed by atoms with Crippen molar-refractivity contribution in [2.45, 2.75) is 127 Å². The Morgan fingerprint density at radius 3 is 1.81 bits per heavy atom. The number of thiophene rings is 1. The largest absolute Gasteiger partial charge is 0.512 e. The zero-order valence-electron chi connectivity index (χ0n) is 38.5. The predicted octanol–water partition coefficient (Wildman–Crippen LogP) is 16.6. The van der Waals surface area contributed by atoms with E-state index >= 15 is 0 Å². The van der Waals surface area contributed by atoms with Gasteiger partial charge in [0.05, 0.1) is 5.41 Å². The standard InChI is InChI=1S/C39H35F3NS.C15H28O2.Ir/c1-24-31-19-20-43-34(30-21-29-9-7-8-10-32(29)33(22-30)37(2,3)4)36(31)44-35(24)28-17-15-27(16-18-28)26-13-11-25(12-14-26)23-38(5,6)39(40,41)42;1-7-14(5,8-2)12(16)11-13(17)15(6,9-3)10-4;/h7-20,22H,23H2,1-6H3;11,16H,7-10H2,1-6H3;/q-1;;/b;12-11-;. The first-order valence-corrected chi connectivity index (χ1v) is 22.4. The summed E-state index contributed by atoms with van der Waals surface area (Å²) in [6.45, 7) is 23.5. The Morgan fingerprint density at radius 2 is 1.27 bits per heavy atom. The van der Waals surface area contributed by atoms with E-state index in [1.54, 1.807) is 23.5 Å². The van der Waals surface area contributed by atoms with Crippen LogP contribution in [0, 0.1) is 29.2 Å². The van der Waals surface area contributed by atoms with Gasteiger partial charge in [0.2, 0.25) is 0 Å². The number of allylic oxidation sites excluding steroid dienone is 2. The third-order valence-electron chi connectivity index (χ3n) is 13.1. The van der Waals surface area contributed by atoms with Gasteiger partial charge in [-0.3, -0.25) is 9.78 Å². The van der Waals surface area contributed by atoms with Crippen LogP contribution in [0.5, 0.6) is 0 Å². The van der Waals surface area contributed by atoms with Gasteiger partial charge in [0, 0.05) is 58.5 Å². The molecule has 0 aliphatic carbocycles. The van der Waals surface area contributed by atoms with E-state index < -0.39 is 11.6 Å². The zero-order chi connectivity index (χ0) is 45.1. The van der Waals surface area contributed by atoms with Crippen molar-refractivity contribution in [1.82, 2.24) is 4.98 Å². The molecule has 0 saturated heterocycles. The number of aliphatic hydroxyl groups is 1. The van der Waals surface area contributed by atoms with Crippen LogP contribution in [0.4, 0.5) is 13.2 Å². The Kier molecular flexibility index (Phi) is 16.1. The van der Waals surface area contributed by atoms with Gasteiger partial charge in [0.15, 0.2) is 5.78 Å². The summed E-state index contributed by atoms with van der Waals surface area (Å²) in [5.41, 5.74) is 5.85. The molecule has 0 bridgehead atoms. The van der Waals surface area contributed by atoms with Crippen LogP contribution in [-0.2, 0) is 36.7 Å². The molecule has 6 rings (SSSR count). The number of halogens is 3. The third kappa shape index (κ3) is 10.8. The van der Waals surface area contributed by atoms with Crippen molar-refractivity contribution in [3.63, 3.8) is 0 Å². The van der Waals surface area contributed by atoms with Crippen molar-refractivity contribution >= 4 is 38.0 Å². The molecule has 0 aliphatic rings. The molecule has 0 aliphatic heterocycles. The van der Waals surface area contributed by atoms with E-state index in [4.69, 9.17) is 4.98 Å². The van der Waals surface area contributed by atoms with Crippen LogP contribution in [0.1, 0.15) is 119 Å². The molecule has 0 atom stereocenters. The van der Waals surface area contributed by atoms with E-state index in [2.05, 4.69) is 94.4 Å². The smallest absolute Gasteiger partial charge is 0.394 e. The third-order valence-corrected chi connectivity index (χ3v) is 14.5. The minimum absolute atomic E-state index is 0. The second-order valence-electron chi connectivity index (χ2n) is 18.7. The van der Waals surface area contributed by atoms with Crippen LogP contribution in [0.15, 0.2) is 103 Å². The van der Waals surface area contributed by atoms with Crippen molar-refractivity contribution in [3.05, 3.63) is 126 Å². The molecule has 1 radical (unpaired) electrons. The average molecular weight is 1040 g/mol. The SMILES string of the molecule is CCC(C)(CC)C(=O)/C=C(\O)C(C)(CC)CC.Cc1c(-c2ccc(-c3ccc(CC(C)(C)C(F)(F)F)cc3)cc2)sc2c(-c3[c-]c4ccccc4c(C(C)(C)C)c3)nccc12.[Ir]. The van der Waals surface area contributed by atoms with Crippen LogP contribution in [0.3, 0.4) is 0 Å². The monoisotopic (exact) mass is 1040 g/mol. The van der Waals surface area contributed by atoms with E-state index in [9.17, 15) is 23.1 Å². The average Bonchev–Trinajstić information content (AvgIpc) is 3.58. The second-order valence-corrected chi connectivity index (χ2v) is 19.8. The van der Waals surface area contributed by atoms with Gasteiger partial charge >= 0.3 is 6.18 Å². The van der Waals surface area contributed by atoms with E-state index in [1.165, 1.54) is 46.7 Å². The summed E-state index contributed by atoms with van der Waals surface area (Å²) in [6.07, 6.45) is 2.35. The summed E-state index contributed by atoms with van der Waals surface area (Å²) < 4.78 is 41.2. The van der Waals surface area contributed by atoms with Crippen molar-refractivity contribution in [2.75, 3.05) is 0 Å². The van der Waals surface area contributed by atoms with E-state index in [0.717, 1.165) is 63.7 Å². The number of hydrogen-bond acceptors (Lipinski definition) is 4. The molecule has 8 heteroatoms. The van der Waals surface area contributed by atoms with Crippen molar-refractivity contribution < 1.29 is 43.2 Å². The number of carbonyl (C=O) groups excluding carboxylic acids is 1.